The number of carbonyl (C=O) groups is 1. The van der Waals surface area contributed by atoms with Gasteiger partial charge in [-0.05, 0) is 33.6 Å². The number of likely N-dealkylation sites (tertiary alicyclic amines) is 1. The first-order chi connectivity index (χ1) is 14.5. The number of hydrogen-bond donors (Lipinski definition) is 1. The number of hydrogen-bond acceptors (Lipinski definition) is 5. The third-order valence-electron chi connectivity index (χ3n) is 6.31. The van der Waals surface area contributed by atoms with E-state index in [4.69, 9.17) is 4.74 Å². The minimum absolute atomic E-state index is 0. The van der Waals surface area contributed by atoms with E-state index in [0.717, 1.165) is 80.6 Å². The summed E-state index contributed by atoms with van der Waals surface area (Å²) in [4.78, 5) is 28.3. The molecule has 0 spiro atoms. The molecule has 0 bridgehead atoms. The van der Waals surface area contributed by atoms with Crippen molar-refractivity contribution >= 4 is 35.8 Å². The van der Waals surface area contributed by atoms with Crippen LogP contribution in [0.5, 0.6) is 5.75 Å². The zero-order valence-electron chi connectivity index (χ0n) is 19.5. The van der Waals surface area contributed by atoms with Crippen molar-refractivity contribution < 1.29 is 9.53 Å². The maximum atomic E-state index is 12.7. The third kappa shape index (κ3) is 6.00. The van der Waals surface area contributed by atoms with E-state index >= 15 is 0 Å². The van der Waals surface area contributed by atoms with Gasteiger partial charge in [-0.3, -0.25) is 19.7 Å². The van der Waals surface area contributed by atoms with Crippen molar-refractivity contribution in [2.24, 2.45) is 4.99 Å². The minimum atomic E-state index is -0.0490. The van der Waals surface area contributed by atoms with Crippen LogP contribution in [0.15, 0.2) is 11.2 Å². The number of methoxy groups -OCH3 is 1. The number of amides is 1. The van der Waals surface area contributed by atoms with Gasteiger partial charge in [-0.2, -0.15) is 0 Å². The lowest BCUT2D eigenvalue weighted by atomic mass is 10.1. The number of ether oxygens (including phenoxy) is 1. The van der Waals surface area contributed by atoms with Crippen LogP contribution in [-0.2, 0) is 11.3 Å². The lowest BCUT2D eigenvalue weighted by Crippen LogP contribution is -2.57. The van der Waals surface area contributed by atoms with Crippen molar-refractivity contribution in [2.75, 3.05) is 53.4 Å². The second kappa shape index (κ2) is 11.8. The highest BCUT2D eigenvalue weighted by Gasteiger charge is 2.30. The quantitative estimate of drug-likeness (QED) is 0.348. The molecule has 1 aromatic heterocycles. The topological polar surface area (TPSA) is 73.3 Å². The maximum absolute atomic E-state index is 12.7. The summed E-state index contributed by atoms with van der Waals surface area (Å²) < 4.78 is 5.51. The Kier molecular flexibility index (Phi) is 9.80. The molecule has 1 N–H and O–H groups in total. The predicted octanol–water partition coefficient (Wildman–Crippen LogP) is 2.03. The van der Waals surface area contributed by atoms with E-state index < -0.39 is 0 Å². The van der Waals surface area contributed by atoms with E-state index in [2.05, 4.69) is 25.1 Å². The summed E-state index contributed by atoms with van der Waals surface area (Å²) in [6, 6.07) is -0.0490. The van der Waals surface area contributed by atoms with Gasteiger partial charge in [0.25, 0.3) is 0 Å². The molecule has 8 nitrogen and oxygen atoms in total. The molecule has 1 amide bonds. The van der Waals surface area contributed by atoms with Gasteiger partial charge >= 0.3 is 0 Å². The van der Waals surface area contributed by atoms with Gasteiger partial charge < -0.3 is 19.9 Å². The average Bonchev–Trinajstić information content (AvgIpc) is 3.30. The maximum Gasteiger partial charge on any atom is 0.239 e. The summed E-state index contributed by atoms with van der Waals surface area (Å²) >= 11 is 0. The third-order valence-corrected chi connectivity index (χ3v) is 6.31. The van der Waals surface area contributed by atoms with Crippen molar-refractivity contribution in [1.29, 1.82) is 0 Å². The van der Waals surface area contributed by atoms with E-state index in [9.17, 15) is 4.79 Å². The highest BCUT2D eigenvalue weighted by Crippen LogP contribution is 2.23. The van der Waals surface area contributed by atoms with Crippen molar-refractivity contribution in [3.63, 3.8) is 0 Å². The Labute approximate surface area is 203 Å². The molecule has 2 aliphatic heterocycles. The standard InChI is InChI=1S/C22H36N6O2.HI/c1-16-14-24-19(17(2)20(16)30-5)15-25-22(23-4)28-12-10-26(11-13-28)18(3)21(29)27-8-6-7-9-27;/h14,18H,6-13,15H2,1-5H3,(H,23,25);1H. The smallest absolute Gasteiger partial charge is 0.239 e. The lowest BCUT2D eigenvalue weighted by Gasteiger charge is -2.39. The first-order valence-electron chi connectivity index (χ1n) is 10.9. The first-order valence-corrected chi connectivity index (χ1v) is 10.9. The summed E-state index contributed by atoms with van der Waals surface area (Å²) in [5.74, 6) is 2.04. The predicted molar refractivity (Wildman–Crippen MR) is 134 cm³/mol. The Morgan fingerprint density at radius 3 is 2.39 bits per heavy atom. The van der Waals surface area contributed by atoms with Crippen LogP contribution in [0.4, 0.5) is 0 Å². The molecule has 0 radical (unpaired) electrons. The fourth-order valence-corrected chi connectivity index (χ4v) is 4.42. The highest BCUT2D eigenvalue weighted by atomic mass is 127. The molecule has 174 valence electrons. The van der Waals surface area contributed by atoms with Gasteiger partial charge in [-0.15, -0.1) is 24.0 Å². The van der Waals surface area contributed by atoms with Crippen LogP contribution >= 0.6 is 24.0 Å². The average molecular weight is 544 g/mol. The van der Waals surface area contributed by atoms with Crippen LogP contribution in [0.3, 0.4) is 0 Å². The molecule has 3 heterocycles. The summed E-state index contributed by atoms with van der Waals surface area (Å²) in [5.41, 5.74) is 3.05. The summed E-state index contributed by atoms with van der Waals surface area (Å²) in [7, 11) is 3.50. The molecule has 31 heavy (non-hydrogen) atoms. The van der Waals surface area contributed by atoms with Crippen molar-refractivity contribution in [2.45, 2.75) is 46.2 Å². The first kappa shape index (κ1) is 25.6. The Hall–Kier alpha value is -1.62. The van der Waals surface area contributed by atoms with E-state index in [1.165, 1.54) is 0 Å². The molecule has 1 atom stereocenters. The summed E-state index contributed by atoms with van der Waals surface area (Å²) in [5, 5.41) is 3.44. The Bertz CT molecular complexity index is 774. The Balaban J connectivity index is 0.00000341. The van der Waals surface area contributed by atoms with Crippen LogP contribution in [0.1, 0.15) is 36.6 Å². The number of carbonyl (C=O) groups excluding carboxylic acids is 1. The van der Waals surface area contributed by atoms with Gasteiger partial charge in [0.2, 0.25) is 5.91 Å². The number of nitrogens with one attached hydrogen (secondary N) is 1. The fraction of sp³-hybridized carbons (Fsp3) is 0.682. The number of aliphatic imine (C=N–C) groups is 1. The summed E-state index contributed by atoms with van der Waals surface area (Å²) in [6.07, 6.45) is 4.12. The molecule has 2 saturated heterocycles. The van der Waals surface area contributed by atoms with Gasteiger partial charge in [-0.25, -0.2) is 0 Å². The van der Waals surface area contributed by atoms with Crippen molar-refractivity contribution in [1.82, 2.24) is 25.0 Å². The van der Waals surface area contributed by atoms with Gasteiger partial charge in [0.05, 0.1) is 25.4 Å². The fourth-order valence-electron chi connectivity index (χ4n) is 4.42. The Morgan fingerprint density at radius 1 is 1.16 bits per heavy atom. The monoisotopic (exact) mass is 544 g/mol. The number of nitrogens with zero attached hydrogens (tertiary/aromatic N) is 5. The van der Waals surface area contributed by atoms with Crippen LogP contribution in [0, 0.1) is 13.8 Å². The highest BCUT2D eigenvalue weighted by molar-refractivity contribution is 14.0. The van der Waals surface area contributed by atoms with Gasteiger partial charge in [0.1, 0.15) is 5.75 Å². The van der Waals surface area contributed by atoms with Crippen LogP contribution < -0.4 is 10.1 Å². The Morgan fingerprint density at radius 2 is 1.81 bits per heavy atom. The number of pyridine rings is 1. The molecule has 0 aliphatic carbocycles. The normalized spacial score (nSPS) is 18.5. The molecule has 0 aromatic carbocycles. The number of aryl methyl sites for hydroxylation is 1. The second-order valence-electron chi connectivity index (χ2n) is 8.18. The minimum Gasteiger partial charge on any atom is -0.496 e. The SMILES string of the molecule is CN=C(NCc1ncc(C)c(OC)c1C)N1CCN(C(C)C(=O)N2CCCC2)CC1.I. The molecule has 9 heteroatoms. The van der Waals surface area contributed by atoms with Crippen molar-refractivity contribution in [3.8, 4) is 5.75 Å². The molecule has 0 saturated carbocycles. The molecular weight excluding hydrogens is 507 g/mol. The van der Waals surface area contributed by atoms with E-state index in [1.807, 2.05) is 38.9 Å². The zero-order valence-corrected chi connectivity index (χ0v) is 21.8. The van der Waals surface area contributed by atoms with Gasteiger partial charge in [0.15, 0.2) is 5.96 Å². The van der Waals surface area contributed by atoms with Crippen LogP contribution in [0.25, 0.3) is 0 Å². The van der Waals surface area contributed by atoms with E-state index in [1.54, 1.807) is 7.11 Å². The lowest BCUT2D eigenvalue weighted by molar-refractivity contribution is -0.135. The molecular formula is C22H37IN6O2. The largest absolute Gasteiger partial charge is 0.496 e. The van der Waals surface area contributed by atoms with Gasteiger partial charge in [-0.1, -0.05) is 0 Å². The molecule has 2 fully saturated rings. The van der Waals surface area contributed by atoms with Crippen molar-refractivity contribution in [3.05, 3.63) is 23.0 Å². The summed E-state index contributed by atoms with van der Waals surface area (Å²) in [6.45, 7) is 11.9. The second-order valence-corrected chi connectivity index (χ2v) is 8.18. The van der Waals surface area contributed by atoms with Crippen LogP contribution in [0.2, 0.25) is 0 Å². The number of aromatic nitrogens is 1. The van der Waals surface area contributed by atoms with E-state index in [0.29, 0.717) is 6.54 Å². The number of halogens is 1. The number of guanidine groups is 1. The number of rotatable bonds is 5. The van der Waals surface area contributed by atoms with E-state index in [-0.39, 0.29) is 35.9 Å². The number of piperazine rings is 1. The molecule has 2 aliphatic rings. The molecule has 1 unspecified atom stereocenters. The molecule has 1 aromatic rings. The van der Waals surface area contributed by atoms with Crippen LogP contribution in [-0.4, -0.2) is 91.0 Å². The van der Waals surface area contributed by atoms with Gasteiger partial charge in [0, 0.05) is 63.6 Å². The zero-order chi connectivity index (χ0) is 21.7. The molecule has 3 rings (SSSR count).